The van der Waals surface area contributed by atoms with Crippen LogP contribution in [0.2, 0.25) is 0 Å². The zero-order chi connectivity index (χ0) is 7.33. The zero-order valence-electron chi connectivity index (χ0n) is 6.64. The molecular weight excluding hydrogens is 131 g/mol. The molecular formula is C8H12LiSi. The third-order valence-electron chi connectivity index (χ3n) is 1.41. The van der Waals surface area contributed by atoms with E-state index in [4.69, 9.17) is 0 Å². The van der Waals surface area contributed by atoms with E-state index in [1.54, 1.807) is 0 Å². The first-order valence-electron chi connectivity index (χ1n) is 2.79. The number of hydrogen-bond acceptors (Lipinski definition) is 0. The van der Waals surface area contributed by atoms with Gasteiger partial charge in [0.2, 0.25) is 0 Å². The summed E-state index contributed by atoms with van der Waals surface area (Å²) in [4.78, 5) is 0. The predicted molar refractivity (Wildman–Crippen MR) is 52.3 cm³/mol. The third kappa shape index (κ3) is 2.57. The van der Waals surface area contributed by atoms with E-state index in [0.717, 1.165) is 0 Å². The summed E-state index contributed by atoms with van der Waals surface area (Å²) in [5.74, 6) is 0. The predicted octanol–water partition coefficient (Wildman–Crippen LogP) is 1.96. The van der Waals surface area contributed by atoms with Crippen molar-refractivity contribution < 1.29 is 0 Å². The molecule has 49 valence electrons. The maximum absolute atomic E-state index is 3.69. The van der Waals surface area contributed by atoms with Gasteiger partial charge in [-0.25, -0.2) is 0 Å². The molecule has 0 heterocycles. The Morgan fingerprint density at radius 2 is 0.900 bits per heavy atom. The molecule has 0 saturated heterocycles. The molecule has 0 spiro atoms. The van der Waals surface area contributed by atoms with Crippen LogP contribution in [-0.4, -0.2) is 26.9 Å². The fraction of sp³-hybridized carbons (Fsp3) is 0. The first-order valence-corrected chi connectivity index (χ1v) is 5.10. The van der Waals surface area contributed by atoms with E-state index in [0.29, 0.717) is 0 Å². The number of hydrogen-bond donors (Lipinski definition) is 0. The molecule has 0 fully saturated rings. The van der Waals surface area contributed by atoms with Crippen molar-refractivity contribution in [3.63, 3.8) is 0 Å². The Labute approximate surface area is 76.2 Å². The molecule has 0 aromatic rings. The van der Waals surface area contributed by atoms with E-state index in [-0.39, 0.29) is 18.9 Å². The molecule has 0 nitrogen and oxygen atoms in total. The summed E-state index contributed by atoms with van der Waals surface area (Å²) in [6, 6.07) is 0. The fourth-order valence-corrected chi connectivity index (χ4v) is 1.50. The summed E-state index contributed by atoms with van der Waals surface area (Å²) in [5.41, 5.74) is 7.56. The second kappa shape index (κ2) is 5.55. The fourth-order valence-electron chi connectivity index (χ4n) is 0.500. The van der Waals surface area contributed by atoms with Crippen LogP contribution >= 0.6 is 0 Å². The maximum Gasteiger partial charge on any atom is 0.148 e. The van der Waals surface area contributed by atoms with Gasteiger partial charge in [0.05, 0.1) is 0 Å². The van der Waals surface area contributed by atoms with Crippen molar-refractivity contribution in [2.75, 3.05) is 0 Å². The Bertz CT molecular complexity index is 112. The van der Waals surface area contributed by atoms with Crippen molar-refractivity contribution >= 4 is 26.9 Å². The van der Waals surface area contributed by atoms with Crippen LogP contribution in [0.3, 0.4) is 0 Å². The Balaban J connectivity index is 0. The Kier molecular flexibility index (Phi) is 6.91. The summed E-state index contributed by atoms with van der Waals surface area (Å²) in [7, 11) is -1.64. The molecule has 0 N–H and O–H groups in total. The standard InChI is InChI=1S/C8H12Si.Li/c1-5-9(6-2,7-3)8-4;/h5-8H,1-4H2;. The van der Waals surface area contributed by atoms with Crippen molar-refractivity contribution in [2.24, 2.45) is 0 Å². The van der Waals surface area contributed by atoms with Crippen molar-refractivity contribution in [3.8, 4) is 0 Å². The summed E-state index contributed by atoms with van der Waals surface area (Å²) < 4.78 is 0. The maximum atomic E-state index is 3.69. The van der Waals surface area contributed by atoms with Gasteiger partial charge in [-0.2, -0.15) is 0 Å². The molecule has 0 bridgehead atoms. The van der Waals surface area contributed by atoms with E-state index in [1.165, 1.54) is 0 Å². The minimum absolute atomic E-state index is 0. The van der Waals surface area contributed by atoms with Gasteiger partial charge in [0.1, 0.15) is 8.07 Å². The van der Waals surface area contributed by atoms with E-state index in [9.17, 15) is 0 Å². The smallest absolute Gasteiger partial charge is 0.106 e. The van der Waals surface area contributed by atoms with Crippen LogP contribution in [0.5, 0.6) is 0 Å². The monoisotopic (exact) mass is 143 g/mol. The van der Waals surface area contributed by atoms with Crippen LogP contribution < -0.4 is 0 Å². The molecule has 0 rings (SSSR count). The Morgan fingerprint density at radius 1 is 0.700 bits per heavy atom. The van der Waals surface area contributed by atoms with Crippen LogP contribution in [0, 0.1) is 0 Å². The van der Waals surface area contributed by atoms with Crippen molar-refractivity contribution in [1.29, 1.82) is 0 Å². The zero-order valence-corrected chi connectivity index (χ0v) is 7.64. The topological polar surface area (TPSA) is 0 Å². The van der Waals surface area contributed by atoms with Crippen molar-refractivity contribution in [3.05, 3.63) is 49.1 Å². The van der Waals surface area contributed by atoms with Gasteiger partial charge in [0, 0.05) is 18.9 Å². The molecule has 0 saturated carbocycles. The Morgan fingerprint density at radius 3 is 0.900 bits per heavy atom. The first kappa shape index (κ1) is 12.5. The van der Waals surface area contributed by atoms with E-state index >= 15 is 0 Å². The van der Waals surface area contributed by atoms with Crippen LogP contribution in [0.1, 0.15) is 0 Å². The number of rotatable bonds is 4. The quantitative estimate of drug-likeness (QED) is 0.528. The molecule has 0 aromatic heterocycles. The van der Waals surface area contributed by atoms with Gasteiger partial charge in [-0.3, -0.25) is 0 Å². The van der Waals surface area contributed by atoms with Crippen LogP contribution in [0.4, 0.5) is 0 Å². The molecule has 10 heavy (non-hydrogen) atoms. The normalized spacial score (nSPS) is 8.80. The van der Waals surface area contributed by atoms with E-state index in [1.807, 2.05) is 22.8 Å². The minimum atomic E-state index is -1.64. The summed E-state index contributed by atoms with van der Waals surface area (Å²) in [5, 5.41) is 0. The van der Waals surface area contributed by atoms with Gasteiger partial charge < -0.3 is 0 Å². The SMILES string of the molecule is C=C[Si](C=C)(C=C)C=C.[Li]. The van der Waals surface area contributed by atoms with Gasteiger partial charge in [0.15, 0.2) is 0 Å². The van der Waals surface area contributed by atoms with E-state index < -0.39 is 8.07 Å². The average Bonchev–Trinajstić information content (AvgIpc) is 1.95. The molecule has 0 aliphatic heterocycles. The molecule has 0 aromatic carbocycles. The first-order chi connectivity index (χ1) is 4.24. The molecule has 0 amide bonds. The van der Waals surface area contributed by atoms with Crippen LogP contribution in [-0.2, 0) is 0 Å². The van der Waals surface area contributed by atoms with Gasteiger partial charge in [-0.1, -0.05) is 22.8 Å². The molecule has 0 atom stereocenters. The minimum Gasteiger partial charge on any atom is -0.106 e. The van der Waals surface area contributed by atoms with Gasteiger partial charge >= 0.3 is 0 Å². The molecule has 0 unspecified atom stereocenters. The molecule has 1 radical (unpaired) electrons. The third-order valence-corrected chi connectivity index (χ3v) is 4.24. The molecule has 0 aliphatic rings. The average molecular weight is 143 g/mol. The summed E-state index contributed by atoms with van der Waals surface area (Å²) in [6.45, 7) is 14.8. The second-order valence-corrected chi connectivity index (χ2v) is 5.45. The second-order valence-electron chi connectivity index (χ2n) is 1.82. The van der Waals surface area contributed by atoms with Crippen LogP contribution in [0.15, 0.2) is 49.1 Å². The van der Waals surface area contributed by atoms with Crippen LogP contribution in [0.25, 0.3) is 0 Å². The summed E-state index contributed by atoms with van der Waals surface area (Å²) in [6.07, 6.45) is 0. The van der Waals surface area contributed by atoms with Gasteiger partial charge in [-0.05, 0) is 0 Å². The molecule has 0 aliphatic carbocycles. The largest absolute Gasteiger partial charge is 0.148 e. The van der Waals surface area contributed by atoms with Gasteiger partial charge in [-0.15, -0.1) is 26.3 Å². The van der Waals surface area contributed by atoms with Crippen molar-refractivity contribution in [2.45, 2.75) is 0 Å². The van der Waals surface area contributed by atoms with Gasteiger partial charge in [0.25, 0.3) is 0 Å². The summed E-state index contributed by atoms with van der Waals surface area (Å²) >= 11 is 0. The van der Waals surface area contributed by atoms with Crippen molar-refractivity contribution in [1.82, 2.24) is 0 Å². The Hall–Kier alpha value is -0.226. The molecule has 2 heteroatoms. The van der Waals surface area contributed by atoms with E-state index in [2.05, 4.69) is 26.3 Å².